The van der Waals surface area contributed by atoms with Crippen molar-refractivity contribution in [2.24, 2.45) is 5.41 Å². The van der Waals surface area contributed by atoms with Gasteiger partial charge in [-0.05, 0) is 38.5 Å². The number of aromatic nitrogens is 2. The van der Waals surface area contributed by atoms with Crippen LogP contribution in [0.4, 0.5) is 5.82 Å². The largest absolute Gasteiger partial charge is 0.465 e. The summed E-state index contributed by atoms with van der Waals surface area (Å²) in [5.41, 5.74) is 3.48. The number of hydrogen-bond acceptors (Lipinski definition) is 11. The van der Waals surface area contributed by atoms with Crippen molar-refractivity contribution in [1.29, 1.82) is 5.41 Å². The molecule has 0 amide bonds. The highest BCUT2D eigenvalue weighted by molar-refractivity contribution is 7.52. The maximum atomic E-state index is 13.7. The van der Waals surface area contributed by atoms with E-state index in [1.165, 1.54) is 26.1 Å². The van der Waals surface area contributed by atoms with Gasteiger partial charge in [0.15, 0.2) is 6.23 Å². The number of nitrogens with two attached hydrogens (primary N) is 1. The maximum absolute atomic E-state index is 13.7. The fraction of sp³-hybridized carbons (Fsp3) is 0.500. The molecule has 1 aromatic heterocycles. The molecule has 0 radical (unpaired) electrons. The number of ether oxygens (including phenoxy) is 2. The third-order valence-electron chi connectivity index (χ3n) is 6.07. The smallest absolute Gasteiger partial charge is 0.459 e. The van der Waals surface area contributed by atoms with Gasteiger partial charge in [0.2, 0.25) is 0 Å². The van der Waals surface area contributed by atoms with Gasteiger partial charge in [0.1, 0.15) is 23.7 Å². The third-order valence-corrected chi connectivity index (χ3v) is 7.71. The Balaban J connectivity index is 1.80. The number of carbonyl (C=O) groups excluding carboxylic acids is 1. The second-order valence-corrected chi connectivity index (χ2v) is 10.8. The van der Waals surface area contributed by atoms with Crippen molar-refractivity contribution in [3.8, 4) is 5.75 Å². The molecule has 38 heavy (non-hydrogen) atoms. The van der Waals surface area contributed by atoms with Gasteiger partial charge >= 0.3 is 19.4 Å². The fourth-order valence-electron chi connectivity index (χ4n) is 3.80. The molecule has 0 aliphatic carbocycles. The summed E-state index contributed by atoms with van der Waals surface area (Å²) < 4.78 is 37.2. The summed E-state index contributed by atoms with van der Waals surface area (Å²) >= 11 is 0. The number of anilines is 1. The Morgan fingerprint density at radius 1 is 1.39 bits per heavy atom. The van der Waals surface area contributed by atoms with Crippen molar-refractivity contribution < 1.29 is 33.0 Å². The van der Waals surface area contributed by atoms with E-state index >= 15 is 0 Å². The molecule has 1 aliphatic heterocycles. The molecule has 2 heterocycles. The third kappa shape index (κ3) is 6.86. The fourth-order valence-corrected chi connectivity index (χ4v) is 5.31. The Labute approximate surface area is 220 Å². The van der Waals surface area contributed by atoms with Crippen LogP contribution in [0.25, 0.3) is 0 Å². The highest BCUT2D eigenvalue weighted by atomic mass is 31.2. The van der Waals surface area contributed by atoms with Crippen LogP contribution >= 0.6 is 7.75 Å². The Kier molecular flexibility index (Phi) is 9.80. The lowest BCUT2D eigenvalue weighted by Crippen LogP contribution is -2.42. The monoisotopic (exact) mass is 551 g/mol. The SMILES string of the molecule is CCCCOC(=O)[C@H](C)NP(=O)(OC[C@H]1O[C@@H](n2ccc(N)nc2=O)[C@](C)(C=N)[C@@H]1O)Oc1ccccc1. The zero-order valence-electron chi connectivity index (χ0n) is 21.5. The number of benzene rings is 1. The zero-order chi connectivity index (χ0) is 27.9. The van der Waals surface area contributed by atoms with Gasteiger partial charge in [0, 0.05) is 12.4 Å². The van der Waals surface area contributed by atoms with E-state index in [0.717, 1.165) is 17.2 Å². The Morgan fingerprint density at radius 2 is 2.11 bits per heavy atom. The molecule has 0 spiro atoms. The van der Waals surface area contributed by atoms with E-state index in [1.807, 2.05) is 6.92 Å². The van der Waals surface area contributed by atoms with Crippen LogP contribution in [0.3, 0.4) is 0 Å². The van der Waals surface area contributed by atoms with E-state index in [2.05, 4.69) is 10.1 Å². The van der Waals surface area contributed by atoms with Crippen LogP contribution in [0.1, 0.15) is 39.8 Å². The van der Waals surface area contributed by atoms with E-state index in [4.69, 9.17) is 29.7 Å². The molecule has 5 N–H and O–H groups in total. The lowest BCUT2D eigenvalue weighted by Gasteiger charge is -2.28. The molecule has 1 aromatic carbocycles. The number of rotatable bonds is 13. The van der Waals surface area contributed by atoms with Crippen LogP contribution < -0.4 is 21.0 Å². The number of carbonyl (C=O) groups is 1. The van der Waals surface area contributed by atoms with Crippen LogP contribution in [0.15, 0.2) is 47.4 Å². The standard InChI is InChI=1S/C24H34N5O8P/c1-4-5-13-34-21(31)16(2)28-38(33,37-17-9-7-6-8-10-17)35-14-18-20(30)24(3,15-25)22(36-18)29-12-11-19(26)27-23(29)32/h6-12,15-16,18,20,22,25,30H,4-5,13-14H2,1-3H3,(H,28,33)(H2,26,27,32)/t16-,18+,20+,22+,24+,38?/m0/s1. The Hall–Kier alpha value is -3.09. The van der Waals surface area contributed by atoms with Gasteiger partial charge in [-0.25, -0.2) is 9.36 Å². The molecule has 0 bridgehead atoms. The molecule has 2 aromatic rings. The molecular formula is C24H34N5O8P. The molecule has 1 fully saturated rings. The number of nitrogens with zero attached hydrogens (tertiary/aromatic N) is 2. The average molecular weight is 552 g/mol. The summed E-state index contributed by atoms with van der Waals surface area (Å²) in [7, 11) is -4.22. The Bertz CT molecular complexity index is 1210. The first kappa shape index (κ1) is 29.5. The molecule has 13 nitrogen and oxygen atoms in total. The predicted molar refractivity (Wildman–Crippen MR) is 139 cm³/mol. The molecule has 0 saturated carbocycles. The number of esters is 1. The molecule has 208 valence electrons. The number of nitrogens with one attached hydrogen (secondary N) is 2. The molecule has 1 unspecified atom stereocenters. The quantitative estimate of drug-likeness (QED) is 0.124. The maximum Gasteiger partial charge on any atom is 0.459 e. The first-order chi connectivity index (χ1) is 18.0. The van der Waals surface area contributed by atoms with Crippen LogP contribution in [-0.4, -0.2) is 58.3 Å². The van der Waals surface area contributed by atoms with Gasteiger partial charge in [0.05, 0.1) is 24.7 Å². The molecule has 3 rings (SSSR count). The minimum Gasteiger partial charge on any atom is -0.465 e. The summed E-state index contributed by atoms with van der Waals surface area (Å²) in [5.74, 6) is -0.416. The van der Waals surface area contributed by atoms with Crippen molar-refractivity contribution in [2.45, 2.75) is 58.1 Å². The molecule has 1 aliphatic rings. The van der Waals surface area contributed by atoms with E-state index in [0.29, 0.717) is 6.42 Å². The van der Waals surface area contributed by atoms with Gasteiger partial charge in [-0.3, -0.25) is 13.9 Å². The Morgan fingerprint density at radius 3 is 2.74 bits per heavy atom. The normalized spacial score (nSPS) is 25.3. The van der Waals surface area contributed by atoms with Gasteiger partial charge in [-0.2, -0.15) is 10.1 Å². The lowest BCUT2D eigenvalue weighted by atomic mass is 9.83. The average Bonchev–Trinajstić information content (AvgIpc) is 3.13. The highest BCUT2D eigenvalue weighted by Crippen LogP contribution is 2.48. The summed E-state index contributed by atoms with van der Waals surface area (Å²) in [5, 5.41) is 21.5. The van der Waals surface area contributed by atoms with Crippen LogP contribution in [0.5, 0.6) is 5.75 Å². The number of para-hydroxylation sites is 1. The van der Waals surface area contributed by atoms with Crippen molar-refractivity contribution in [3.63, 3.8) is 0 Å². The van der Waals surface area contributed by atoms with Crippen LogP contribution in [0.2, 0.25) is 0 Å². The molecule has 6 atom stereocenters. The van der Waals surface area contributed by atoms with Crippen molar-refractivity contribution in [3.05, 3.63) is 53.1 Å². The van der Waals surface area contributed by atoms with E-state index in [9.17, 15) is 19.3 Å². The first-order valence-corrected chi connectivity index (χ1v) is 13.7. The summed E-state index contributed by atoms with van der Waals surface area (Å²) in [6.07, 6.45) is 0.254. The van der Waals surface area contributed by atoms with Crippen molar-refractivity contribution in [1.82, 2.24) is 14.6 Å². The number of nitrogen functional groups attached to an aromatic ring is 1. The number of aliphatic hydroxyl groups is 1. The van der Waals surface area contributed by atoms with Gasteiger partial charge in [-0.15, -0.1) is 0 Å². The second kappa shape index (κ2) is 12.6. The minimum atomic E-state index is -4.22. The molecular weight excluding hydrogens is 517 g/mol. The summed E-state index contributed by atoms with van der Waals surface area (Å²) in [6, 6.07) is 8.55. The number of aliphatic hydroxyl groups excluding tert-OH is 1. The van der Waals surface area contributed by atoms with E-state index in [1.54, 1.807) is 30.3 Å². The lowest BCUT2D eigenvalue weighted by molar-refractivity contribution is -0.145. The number of unbranched alkanes of at least 4 members (excludes halogenated alkanes) is 1. The van der Waals surface area contributed by atoms with Crippen molar-refractivity contribution >= 4 is 25.7 Å². The van der Waals surface area contributed by atoms with Gasteiger partial charge < -0.3 is 30.2 Å². The second-order valence-electron chi connectivity index (χ2n) is 9.09. The molecule has 1 saturated heterocycles. The minimum absolute atomic E-state index is 0.00801. The highest BCUT2D eigenvalue weighted by Gasteiger charge is 2.54. The molecule has 14 heteroatoms. The van der Waals surface area contributed by atoms with Gasteiger partial charge in [-0.1, -0.05) is 31.5 Å². The van der Waals surface area contributed by atoms with E-state index < -0.39 is 55.9 Å². The van der Waals surface area contributed by atoms with Gasteiger partial charge in [0.25, 0.3) is 0 Å². The van der Waals surface area contributed by atoms with Crippen LogP contribution in [-0.2, 0) is 23.4 Å². The van der Waals surface area contributed by atoms with Crippen molar-refractivity contribution in [2.75, 3.05) is 18.9 Å². The topological polar surface area (TPSA) is 188 Å². The predicted octanol–water partition coefficient (Wildman–Crippen LogP) is 2.26. The summed E-state index contributed by atoms with van der Waals surface area (Å²) in [6.45, 7) is 4.70. The number of hydrogen-bond donors (Lipinski definition) is 4. The summed E-state index contributed by atoms with van der Waals surface area (Å²) in [4.78, 5) is 28.5. The zero-order valence-corrected chi connectivity index (χ0v) is 22.4. The first-order valence-electron chi connectivity index (χ1n) is 12.2. The van der Waals surface area contributed by atoms with E-state index in [-0.39, 0.29) is 18.2 Å². The van der Waals surface area contributed by atoms with Crippen LogP contribution in [0, 0.1) is 10.8 Å².